The first-order valence-electron chi connectivity index (χ1n) is 17.7. The number of nitrogens with one attached hydrogen (secondary N) is 3. The van der Waals surface area contributed by atoms with E-state index in [1.807, 2.05) is 53.8 Å². The molecule has 8 nitrogen and oxygen atoms in total. The molecule has 0 unspecified atom stereocenters. The van der Waals surface area contributed by atoms with Crippen molar-refractivity contribution in [1.82, 2.24) is 16.2 Å². The van der Waals surface area contributed by atoms with Gasteiger partial charge in [0, 0.05) is 19.8 Å². The van der Waals surface area contributed by atoms with Gasteiger partial charge in [0.15, 0.2) is 0 Å². The molecule has 47 heavy (non-hydrogen) atoms. The number of ether oxygens (including phenoxy) is 2. The zero-order valence-electron chi connectivity index (χ0n) is 32.4. The lowest BCUT2D eigenvalue weighted by atomic mass is 9.90. The van der Waals surface area contributed by atoms with E-state index < -0.39 is 5.97 Å². The second-order valence-corrected chi connectivity index (χ2v) is 11.4. The molecule has 0 aliphatic heterocycles. The zero-order valence-corrected chi connectivity index (χ0v) is 32.4. The van der Waals surface area contributed by atoms with Gasteiger partial charge in [-0.25, -0.2) is 10.4 Å². The minimum Gasteiger partial charge on any atom is -0.497 e. The summed E-state index contributed by atoms with van der Waals surface area (Å²) in [6, 6.07) is 0. The van der Waals surface area contributed by atoms with Gasteiger partial charge in [-0.2, -0.15) is 0 Å². The standard InChI is InChI=1S/C27H46N4O2.C7H12O2.C3H8.C2H6/c1-11-13-21(5)26(32-10)16-15-22(6)27(31-28-9)25(14-12-2)19-30-24(8)29-18-17-23(7)33-20(3)4;8-7(9)6-4-2-1-3-5-6;1-3-2;1-2/h13,15-18,20,28,30-31H,8,11-12,14,19H2,1-7,9-10H3;6H,1-5H2,(H,8,9);3H2,1-2H3;1-2H3/b21-13+,22-15+,23-17+,26-16+,27-25+,29-18-;;;. The summed E-state index contributed by atoms with van der Waals surface area (Å²) in [7, 11) is 3.57. The highest BCUT2D eigenvalue weighted by molar-refractivity contribution is 5.72. The largest absolute Gasteiger partial charge is 0.497 e. The molecule has 0 aromatic heterocycles. The summed E-state index contributed by atoms with van der Waals surface area (Å²) >= 11 is 0. The first-order chi connectivity index (χ1) is 22.4. The van der Waals surface area contributed by atoms with Crippen LogP contribution in [0.4, 0.5) is 0 Å². The number of carboxylic acid groups (broad SMARTS) is 1. The van der Waals surface area contributed by atoms with E-state index in [0.29, 0.717) is 12.4 Å². The summed E-state index contributed by atoms with van der Waals surface area (Å²) in [6.45, 7) is 27.3. The third-order valence-corrected chi connectivity index (χ3v) is 6.57. The molecule has 1 rings (SSSR count). The van der Waals surface area contributed by atoms with Crippen LogP contribution in [0, 0.1) is 5.92 Å². The van der Waals surface area contributed by atoms with Crippen LogP contribution in [0.3, 0.4) is 0 Å². The van der Waals surface area contributed by atoms with Crippen LogP contribution in [0.2, 0.25) is 0 Å². The highest BCUT2D eigenvalue weighted by atomic mass is 16.5. The fourth-order valence-electron chi connectivity index (χ4n) is 4.49. The van der Waals surface area contributed by atoms with E-state index in [9.17, 15) is 4.79 Å². The predicted molar refractivity (Wildman–Crippen MR) is 204 cm³/mol. The highest BCUT2D eigenvalue weighted by Gasteiger charge is 2.19. The van der Waals surface area contributed by atoms with E-state index in [-0.39, 0.29) is 12.0 Å². The molecule has 1 fully saturated rings. The minimum atomic E-state index is -0.602. The van der Waals surface area contributed by atoms with Gasteiger partial charge in [0.25, 0.3) is 0 Å². The molecule has 1 aliphatic rings. The van der Waals surface area contributed by atoms with Crippen LogP contribution in [0.15, 0.2) is 75.6 Å². The molecule has 8 heteroatoms. The minimum absolute atomic E-state index is 0.0289. The highest BCUT2D eigenvalue weighted by Crippen LogP contribution is 2.23. The van der Waals surface area contributed by atoms with E-state index in [4.69, 9.17) is 14.6 Å². The molecule has 0 amide bonds. The number of hydrogen-bond acceptors (Lipinski definition) is 7. The summed E-state index contributed by atoms with van der Waals surface area (Å²) < 4.78 is 11.2. The number of aliphatic imine (C=N–C) groups is 1. The van der Waals surface area contributed by atoms with Crippen molar-refractivity contribution >= 4 is 12.2 Å². The molecule has 0 heterocycles. The molecule has 0 aromatic rings. The SMILES string of the molecule is C=C(/N=C\C=C(/C)OC(C)C)NC\C(CCC)=C(NNC)/C(C)=C/C=C(OC)\C(C)=C\CC.CC.CCC.O=C(O)C1CCCCC1. The maximum Gasteiger partial charge on any atom is 0.306 e. The Balaban J connectivity index is -0.00000114. The lowest BCUT2D eigenvalue weighted by Gasteiger charge is -2.18. The average molecular weight is 661 g/mol. The summed E-state index contributed by atoms with van der Waals surface area (Å²) in [4.78, 5) is 14.7. The van der Waals surface area contributed by atoms with Gasteiger partial charge < -0.3 is 25.3 Å². The predicted octanol–water partition coefficient (Wildman–Crippen LogP) is 10.2. The van der Waals surface area contributed by atoms with Crippen LogP contribution >= 0.6 is 0 Å². The Morgan fingerprint density at radius 3 is 2.04 bits per heavy atom. The van der Waals surface area contributed by atoms with Crippen LogP contribution in [-0.2, 0) is 14.3 Å². The number of aliphatic carboxylic acids is 1. The number of hydrazine groups is 1. The molecule has 0 spiro atoms. The van der Waals surface area contributed by atoms with Gasteiger partial charge in [0.05, 0.1) is 30.6 Å². The molecule has 0 aromatic carbocycles. The van der Waals surface area contributed by atoms with Crippen LogP contribution in [0.5, 0.6) is 0 Å². The van der Waals surface area contributed by atoms with Crippen molar-refractivity contribution in [1.29, 1.82) is 0 Å². The molecule has 1 saturated carbocycles. The molecular formula is C39H72N4O4. The van der Waals surface area contributed by atoms with Gasteiger partial charge in [0.1, 0.15) is 11.6 Å². The Morgan fingerprint density at radius 2 is 1.60 bits per heavy atom. The molecule has 4 N–H and O–H groups in total. The van der Waals surface area contributed by atoms with E-state index in [1.165, 1.54) is 18.4 Å². The van der Waals surface area contributed by atoms with Gasteiger partial charge in [-0.05, 0) is 89.2 Å². The summed E-state index contributed by atoms with van der Waals surface area (Å²) in [5.74, 6) is 1.66. The Hall–Kier alpha value is -3.26. The van der Waals surface area contributed by atoms with Crippen molar-refractivity contribution in [3.05, 3.63) is 70.6 Å². The van der Waals surface area contributed by atoms with Crippen molar-refractivity contribution in [2.24, 2.45) is 10.9 Å². The number of rotatable bonds is 17. The molecule has 0 atom stereocenters. The van der Waals surface area contributed by atoms with Crippen LogP contribution in [-0.4, -0.2) is 44.1 Å². The number of hydrogen-bond donors (Lipinski definition) is 4. The van der Waals surface area contributed by atoms with E-state index in [2.05, 4.69) is 81.4 Å². The second kappa shape index (κ2) is 32.7. The normalized spacial score (nSPS) is 14.9. The zero-order chi connectivity index (χ0) is 36.6. The van der Waals surface area contributed by atoms with Crippen molar-refractivity contribution in [2.75, 3.05) is 20.7 Å². The van der Waals surface area contributed by atoms with Crippen molar-refractivity contribution in [3.8, 4) is 0 Å². The van der Waals surface area contributed by atoms with Gasteiger partial charge in [-0.15, -0.1) is 0 Å². The summed E-state index contributed by atoms with van der Waals surface area (Å²) in [5, 5.41) is 11.9. The van der Waals surface area contributed by atoms with Crippen molar-refractivity contribution in [3.63, 3.8) is 0 Å². The molecule has 1 aliphatic carbocycles. The number of carbonyl (C=O) groups is 1. The quantitative estimate of drug-likeness (QED) is 0.0533. The third kappa shape index (κ3) is 26.5. The maximum absolute atomic E-state index is 10.4. The Kier molecular flexibility index (Phi) is 33.5. The maximum atomic E-state index is 10.4. The Labute approximate surface area is 289 Å². The van der Waals surface area contributed by atoms with Crippen molar-refractivity contribution < 1.29 is 19.4 Å². The molecule has 0 radical (unpaired) electrons. The molecule has 0 bridgehead atoms. The van der Waals surface area contributed by atoms with E-state index >= 15 is 0 Å². The second-order valence-electron chi connectivity index (χ2n) is 11.4. The number of allylic oxidation sites excluding steroid dienone is 7. The first kappa shape index (κ1) is 48.1. The monoisotopic (exact) mass is 661 g/mol. The van der Waals surface area contributed by atoms with Crippen LogP contribution in [0.25, 0.3) is 0 Å². The lowest BCUT2D eigenvalue weighted by Crippen LogP contribution is -2.30. The number of nitrogens with zero attached hydrogens (tertiary/aromatic N) is 1. The summed E-state index contributed by atoms with van der Waals surface area (Å²) in [6.07, 6.45) is 19.4. The van der Waals surface area contributed by atoms with E-state index in [1.54, 1.807) is 13.3 Å². The lowest BCUT2D eigenvalue weighted by molar-refractivity contribution is -0.142. The molecule has 0 saturated heterocycles. The average Bonchev–Trinajstić information content (AvgIpc) is 3.04. The Morgan fingerprint density at radius 1 is 1.00 bits per heavy atom. The van der Waals surface area contributed by atoms with Gasteiger partial charge in [-0.3, -0.25) is 4.79 Å². The Bertz CT molecular complexity index is 1010. The fourth-order valence-corrected chi connectivity index (χ4v) is 4.49. The van der Waals surface area contributed by atoms with Crippen LogP contribution < -0.4 is 16.2 Å². The fraction of sp³-hybridized carbons (Fsp3) is 0.641. The first-order valence-corrected chi connectivity index (χ1v) is 17.7. The number of methoxy groups -OCH3 is 1. The molecule has 272 valence electrons. The third-order valence-electron chi connectivity index (χ3n) is 6.57. The number of carboxylic acids is 1. The summed E-state index contributed by atoms with van der Waals surface area (Å²) in [5.41, 5.74) is 10.9. The van der Waals surface area contributed by atoms with Gasteiger partial charge >= 0.3 is 5.97 Å². The van der Waals surface area contributed by atoms with Gasteiger partial charge in [0.2, 0.25) is 0 Å². The van der Waals surface area contributed by atoms with E-state index in [0.717, 1.165) is 73.3 Å². The molecular weight excluding hydrogens is 588 g/mol. The topological polar surface area (TPSA) is 104 Å². The smallest absolute Gasteiger partial charge is 0.306 e. The van der Waals surface area contributed by atoms with Crippen molar-refractivity contribution in [2.45, 2.75) is 140 Å². The van der Waals surface area contributed by atoms with Gasteiger partial charge in [-0.1, -0.05) is 92.4 Å². The van der Waals surface area contributed by atoms with Crippen LogP contribution in [0.1, 0.15) is 134 Å².